The third-order valence-electron chi connectivity index (χ3n) is 3.44. The number of nitrogens with zero attached hydrogens (tertiary/aromatic N) is 4. The van der Waals surface area contributed by atoms with E-state index in [4.69, 9.17) is 4.98 Å². The van der Waals surface area contributed by atoms with Crippen molar-refractivity contribution in [2.24, 2.45) is 0 Å². The summed E-state index contributed by atoms with van der Waals surface area (Å²) in [7, 11) is 4.22. The normalized spacial score (nSPS) is 11.0. The van der Waals surface area contributed by atoms with Crippen LogP contribution in [-0.2, 0) is 6.42 Å². The minimum atomic E-state index is 0.860. The molecule has 0 bridgehead atoms. The molecule has 0 spiro atoms. The van der Waals surface area contributed by atoms with Crippen LogP contribution in [0.1, 0.15) is 38.6 Å². The Hall–Kier alpha value is -1.36. The Labute approximate surface area is 129 Å². The molecule has 0 aromatic carbocycles. The summed E-state index contributed by atoms with van der Waals surface area (Å²) in [6, 6.07) is 0. The van der Waals surface area contributed by atoms with Crippen molar-refractivity contribution in [3.8, 4) is 0 Å². The highest BCUT2D eigenvalue weighted by atomic mass is 15.2. The summed E-state index contributed by atoms with van der Waals surface area (Å²) in [6.45, 7) is 12.5. The van der Waals surface area contributed by atoms with E-state index in [9.17, 15) is 0 Å². The fraction of sp³-hybridized carbons (Fsp3) is 0.750. The predicted octanol–water partition coefficient (Wildman–Crippen LogP) is 2.56. The van der Waals surface area contributed by atoms with Crippen LogP contribution < -0.4 is 10.2 Å². The smallest absolute Gasteiger partial charge is 0.137 e. The Morgan fingerprint density at radius 3 is 2.24 bits per heavy atom. The SMILES string of the molecule is CCCN(CCN(C)C)c1nc(CC)nc(NCC)c1C. The Morgan fingerprint density at radius 2 is 1.71 bits per heavy atom. The molecular weight excluding hydrogens is 262 g/mol. The maximum Gasteiger partial charge on any atom is 0.137 e. The Morgan fingerprint density at radius 1 is 1.00 bits per heavy atom. The van der Waals surface area contributed by atoms with Gasteiger partial charge in [0.25, 0.3) is 0 Å². The van der Waals surface area contributed by atoms with Crippen LogP contribution in [0, 0.1) is 6.92 Å². The highest BCUT2D eigenvalue weighted by Gasteiger charge is 2.15. The standard InChI is InChI=1S/C16H31N5/c1-7-10-21(12-11-20(5)6)16-13(4)15(17-9-3)18-14(8-2)19-16/h7-12H2,1-6H3,(H,17,18,19). The van der Waals surface area contributed by atoms with Crippen molar-refractivity contribution >= 4 is 11.6 Å². The van der Waals surface area contributed by atoms with Gasteiger partial charge in [0.15, 0.2) is 0 Å². The molecule has 0 atom stereocenters. The van der Waals surface area contributed by atoms with Gasteiger partial charge >= 0.3 is 0 Å². The number of hydrogen-bond donors (Lipinski definition) is 1. The molecule has 1 aromatic rings. The first kappa shape index (κ1) is 17.7. The number of hydrogen-bond acceptors (Lipinski definition) is 5. The summed E-state index contributed by atoms with van der Waals surface area (Å²) in [5.41, 5.74) is 1.15. The summed E-state index contributed by atoms with van der Waals surface area (Å²) >= 11 is 0. The third kappa shape index (κ3) is 5.16. The van der Waals surface area contributed by atoms with E-state index in [1.807, 2.05) is 0 Å². The van der Waals surface area contributed by atoms with Crippen molar-refractivity contribution < 1.29 is 0 Å². The van der Waals surface area contributed by atoms with Crippen molar-refractivity contribution in [3.63, 3.8) is 0 Å². The molecule has 5 nitrogen and oxygen atoms in total. The fourth-order valence-corrected chi connectivity index (χ4v) is 2.27. The average molecular weight is 293 g/mol. The van der Waals surface area contributed by atoms with E-state index in [0.717, 1.165) is 62.0 Å². The van der Waals surface area contributed by atoms with Crippen LogP contribution in [0.3, 0.4) is 0 Å². The van der Waals surface area contributed by atoms with Crippen molar-refractivity contribution in [3.05, 3.63) is 11.4 Å². The van der Waals surface area contributed by atoms with Crippen LogP contribution in [0.2, 0.25) is 0 Å². The van der Waals surface area contributed by atoms with Crippen LogP contribution in [0.15, 0.2) is 0 Å². The number of aromatic nitrogens is 2. The van der Waals surface area contributed by atoms with E-state index < -0.39 is 0 Å². The quantitative estimate of drug-likeness (QED) is 0.758. The molecule has 5 heteroatoms. The molecule has 0 fully saturated rings. The molecule has 0 saturated heterocycles. The zero-order valence-corrected chi connectivity index (χ0v) is 14.5. The monoisotopic (exact) mass is 293 g/mol. The molecule has 0 aliphatic rings. The molecular formula is C16H31N5. The summed E-state index contributed by atoms with van der Waals surface area (Å²) in [5.74, 6) is 2.98. The van der Waals surface area contributed by atoms with Gasteiger partial charge in [0.2, 0.25) is 0 Å². The van der Waals surface area contributed by atoms with Crippen molar-refractivity contribution in [1.29, 1.82) is 0 Å². The molecule has 0 unspecified atom stereocenters. The van der Waals surface area contributed by atoms with Crippen LogP contribution in [0.5, 0.6) is 0 Å². The van der Waals surface area contributed by atoms with E-state index in [-0.39, 0.29) is 0 Å². The lowest BCUT2D eigenvalue weighted by atomic mass is 10.2. The highest BCUT2D eigenvalue weighted by Crippen LogP contribution is 2.24. The van der Waals surface area contributed by atoms with Gasteiger partial charge in [-0.15, -0.1) is 0 Å². The highest BCUT2D eigenvalue weighted by molar-refractivity contribution is 5.58. The second-order valence-corrected chi connectivity index (χ2v) is 5.61. The zero-order chi connectivity index (χ0) is 15.8. The molecule has 1 heterocycles. The van der Waals surface area contributed by atoms with Crippen molar-refractivity contribution in [2.45, 2.75) is 40.5 Å². The number of likely N-dealkylation sites (N-methyl/N-ethyl adjacent to an activating group) is 1. The molecule has 120 valence electrons. The maximum atomic E-state index is 4.79. The van der Waals surface area contributed by atoms with Crippen LogP contribution in [0.4, 0.5) is 11.6 Å². The van der Waals surface area contributed by atoms with Gasteiger partial charge in [-0.25, -0.2) is 9.97 Å². The molecule has 21 heavy (non-hydrogen) atoms. The van der Waals surface area contributed by atoms with Gasteiger partial charge in [0.1, 0.15) is 17.5 Å². The summed E-state index contributed by atoms with van der Waals surface area (Å²) in [4.78, 5) is 14.0. The first-order chi connectivity index (χ1) is 10.0. The van der Waals surface area contributed by atoms with E-state index in [1.54, 1.807) is 0 Å². The average Bonchev–Trinajstić information content (AvgIpc) is 2.46. The molecule has 0 amide bonds. The predicted molar refractivity (Wildman–Crippen MR) is 91.4 cm³/mol. The lowest BCUT2D eigenvalue weighted by Crippen LogP contribution is -2.34. The van der Waals surface area contributed by atoms with Gasteiger partial charge in [0, 0.05) is 38.2 Å². The molecule has 0 aliphatic heterocycles. The van der Waals surface area contributed by atoms with E-state index in [0.29, 0.717) is 0 Å². The maximum absolute atomic E-state index is 4.79. The lowest BCUT2D eigenvalue weighted by Gasteiger charge is -2.27. The second kappa shape index (κ2) is 8.82. The minimum absolute atomic E-state index is 0.860. The molecule has 1 aromatic heterocycles. The molecule has 1 N–H and O–H groups in total. The van der Waals surface area contributed by atoms with Gasteiger partial charge in [-0.05, 0) is 34.4 Å². The first-order valence-electron chi connectivity index (χ1n) is 8.04. The summed E-state index contributed by atoms with van der Waals surface area (Å²) in [5, 5.41) is 3.36. The molecule has 0 radical (unpaired) electrons. The second-order valence-electron chi connectivity index (χ2n) is 5.61. The van der Waals surface area contributed by atoms with Gasteiger partial charge in [0.05, 0.1) is 0 Å². The number of rotatable bonds is 9. The topological polar surface area (TPSA) is 44.3 Å². The summed E-state index contributed by atoms with van der Waals surface area (Å²) < 4.78 is 0. The van der Waals surface area contributed by atoms with Gasteiger partial charge < -0.3 is 15.1 Å². The summed E-state index contributed by atoms with van der Waals surface area (Å²) in [6.07, 6.45) is 1.98. The lowest BCUT2D eigenvalue weighted by molar-refractivity contribution is 0.412. The molecule has 0 saturated carbocycles. The van der Waals surface area contributed by atoms with Crippen LogP contribution >= 0.6 is 0 Å². The Bertz CT molecular complexity index is 431. The Kier molecular flexibility index (Phi) is 7.43. The first-order valence-corrected chi connectivity index (χ1v) is 8.04. The number of nitrogens with one attached hydrogen (secondary N) is 1. The Balaban J connectivity index is 3.12. The van der Waals surface area contributed by atoms with Gasteiger partial charge in [-0.3, -0.25) is 0 Å². The van der Waals surface area contributed by atoms with Gasteiger partial charge in [-0.1, -0.05) is 13.8 Å². The largest absolute Gasteiger partial charge is 0.370 e. The van der Waals surface area contributed by atoms with E-state index in [2.05, 4.69) is 61.9 Å². The number of anilines is 2. The minimum Gasteiger partial charge on any atom is -0.370 e. The zero-order valence-electron chi connectivity index (χ0n) is 14.5. The van der Waals surface area contributed by atoms with E-state index >= 15 is 0 Å². The van der Waals surface area contributed by atoms with Gasteiger partial charge in [-0.2, -0.15) is 0 Å². The van der Waals surface area contributed by atoms with Crippen LogP contribution in [-0.4, -0.2) is 55.1 Å². The number of aryl methyl sites for hydroxylation is 1. The molecule has 1 rings (SSSR count). The fourth-order valence-electron chi connectivity index (χ4n) is 2.27. The molecule has 0 aliphatic carbocycles. The van der Waals surface area contributed by atoms with Crippen molar-refractivity contribution in [2.75, 3.05) is 50.5 Å². The van der Waals surface area contributed by atoms with Crippen molar-refractivity contribution in [1.82, 2.24) is 14.9 Å². The third-order valence-corrected chi connectivity index (χ3v) is 3.44. The van der Waals surface area contributed by atoms with E-state index in [1.165, 1.54) is 0 Å². The van der Waals surface area contributed by atoms with Crippen LogP contribution in [0.25, 0.3) is 0 Å².